The van der Waals surface area contributed by atoms with Crippen molar-refractivity contribution < 1.29 is 4.79 Å². The highest BCUT2D eigenvalue weighted by molar-refractivity contribution is 7.15. The van der Waals surface area contributed by atoms with E-state index in [-0.39, 0.29) is 5.91 Å². The predicted octanol–water partition coefficient (Wildman–Crippen LogP) is 4.52. The summed E-state index contributed by atoms with van der Waals surface area (Å²) in [5.74, 6) is -0.0806. The van der Waals surface area contributed by atoms with E-state index in [0.717, 1.165) is 22.4 Å². The molecule has 5 heteroatoms. The fourth-order valence-electron chi connectivity index (χ4n) is 2.58. The number of nitrogens with one attached hydrogen (secondary N) is 1. The van der Waals surface area contributed by atoms with Gasteiger partial charge in [0.2, 0.25) is 5.91 Å². The van der Waals surface area contributed by atoms with Crippen molar-refractivity contribution in [1.82, 2.24) is 4.98 Å². The molecule has 0 bridgehead atoms. The molecule has 2 aromatic carbocycles. The molecule has 0 spiro atoms. The van der Waals surface area contributed by atoms with Crippen LogP contribution in [0.5, 0.6) is 0 Å². The fraction of sp³-hybridized carbons (Fsp3) is 0.190. The van der Waals surface area contributed by atoms with E-state index in [1.165, 1.54) is 11.3 Å². The van der Waals surface area contributed by atoms with Crippen LogP contribution in [0, 0.1) is 11.3 Å². The zero-order valence-corrected chi connectivity index (χ0v) is 15.5. The minimum absolute atomic E-state index is 0.0806. The number of nitrogens with zero attached hydrogens (tertiary/aromatic N) is 2. The van der Waals surface area contributed by atoms with Crippen molar-refractivity contribution in [1.29, 1.82) is 5.26 Å². The smallest absolute Gasteiger partial charge is 0.236 e. The molecular formula is C21H19N3OS. The van der Waals surface area contributed by atoms with Gasteiger partial charge >= 0.3 is 0 Å². The standard InChI is InChI=1S/C21H19N3OS/c1-21(2,17-6-4-3-5-7-17)19(25)24-20-23-14-18(26-20)12-15-8-10-16(13-22)11-9-15/h3-11,14H,12H2,1-2H3,(H,23,24,25). The Labute approximate surface area is 157 Å². The van der Waals surface area contributed by atoms with Crippen LogP contribution in [0.3, 0.4) is 0 Å². The van der Waals surface area contributed by atoms with Crippen LogP contribution in [0.4, 0.5) is 5.13 Å². The molecule has 0 saturated carbocycles. The number of thiazole rings is 1. The van der Waals surface area contributed by atoms with E-state index in [9.17, 15) is 4.79 Å². The molecule has 0 radical (unpaired) electrons. The zero-order valence-electron chi connectivity index (χ0n) is 14.7. The van der Waals surface area contributed by atoms with Gasteiger partial charge in [-0.1, -0.05) is 42.5 Å². The van der Waals surface area contributed by atoms with Crippen LogP contribution in [0.1, 0.15) is 35.4 Å². The Balaban J connectivity index is 1.68. The maximum atomic E-state index is 12.7. The quantitative estimate of drug-likeness (QED) is 0.726. The molecule has 0 atom stereocenters. The topological polar surface area (TPSA) is 65.8 Å². The van der Waals surface area contributed by atoms with Gasteiger partial charge in [0.1, 0.15) is 0 Å². The van der Waals surface area contributed by atoms with Gasteiger partial charge in [0.15, 0.2) is 5.13 Å². The molecule has 1 aromatic heterocycles. The highest BCUT2D eigenvalue weighted by Gasteiger charge is 2.30. The van der Waals surface area contributed by atoms with Crippen molar-refractivity contribution >= 4 is 22.4 Å². The predicted molar refractivity (Wildman–Crippen MR) is 104 cm³/mol. The van der Waals surface area contributed by atoms with Crippen LogP contribution in [0.25, 0.3) is 0 Å². The summed E-state index contributed by atoms with van der Waals surface area (Å²) in [6.45, 7) is 3.81. The van der Waals surface area contributed by atoms with Gasteiger partial charge in [-0.2, -0.15) is 5.26 Å². The number of hydrogen-bond donors (Lipinski definition) is 1. The molecule has 4 nitrogen and oxygen atoms in total. The van der Waals surface area contributed by atoms with Crippen molar-refractivity contribution in [3.63, 3.8) is 0 Å². The van der Waals surface area contributed by atoms with Gasteiger partial charge in [0.05, 0.1) is 17.0 Å². The molecule has 3 aromatic rings. The third kappa shape index (κ3) is 3.98. The summed E-state index contributed by atoms with van der Waals surface area (Å²) in [6, 6.07) is 19.3. The molecule has 1 heterocycles. The summed E-state index contributed by atoms with van der Waals surface area (Å²) >= 11 is 1.47. The molecule has 0 saturated heterocycles. The molecule has 26 heavy (non-hydrogen) atoms. The van der Waals surface area contributed by atoms with Gasteiger partial charge in [-0.05, 0) is 37.1 Å². The van der Waals surface area contributed by atoms with E-state index >= 15 is 0 Å². The fourth-order valence-corrected chi connectivity index (χ4v) is 3.43. The van der Waals surface area contributed by atoms with Crippen LogP contribution in [-0.2, 0) is 16.6 Å². The first-order chi connectivity index (χ1) is 12.5. The summed E-state index contributed by atoms with van der Waals surface area (Å²) in [5.41, 5.74) is 2.08. The molecular weight excluding hydrogens is 342 g/mol. The Hall–Kier alpha value is -2.97. The van der Waals surface area contributed by atoms with Gasteiger partial charge < -0.3 is 5.32 Å². The van der Waals surface area contributed by atoms with E-state index < -0.39 is 5.41 Å². The Morgan fingerprint density at radius 3 is 2.50 bits per heavy atom. The molecule has 1 amide bonds. The Bertz CT molecular complexity index is 937. The van der Waals surface area contributed by atoms with E-state index in [1.807, 2.05) is 56.3 Å². The lowest BCUT2D eigenvalue weighted by molar-refractivity contribution is -0.120. The second-order valence-electron chi connectivity index (χ2n) is 6.56. The Morgan fingerprint density at radius 2 is 1.85 bits per heavy atom. The minimum Gasteiger partial charge on any atom is -0.301 e. The number of carbonyl (C=O) groups is 1. The zero-order chi connectivity index (χ0) is 18.6. The van der Waals surface area contributed by atoms with E-state index in [1.54, 1.807) is 18.3 Å². The molecule has 3 rings (SSSR count). The molecule has 130 valence electrons. The summed E-state index contributed by atoms with van der Waals surface area (Å²) in [6.07, 6.45) is 2.51. The van der Waals surface area contributed by atoms with Gasteiger partial charge in [0, 0.05) is 17.5 Å². The van der Waals surface area contributed by atoms with E-state index in [0.29, 0.717) is 10.7 Å². The first-order valence-electron chi connectivity index (χ1n) is 8.30. The molecule has 0 aliphatic heterocycles. The number of rotatable bonds is 5. The van der Waals surface area contributed by atoms with Crippen LogP contribution in [-0.4, -0.2) is 10.9 Å². The lowest BCUT2D eigenvalue weighted by Crippen LogP contribution is -2.34. The number of aromatic nitrogens is 1. The number of amides is 1. The lowest BCUT2D eigenvalue weighted by Gasteiger charge is -2.23. The molecule has 1 N–H and O–H groups in total. The van der Waals surface area contributed by atoms with Gasteiger partial charge in [-0.3, -0.25) is 4.79 Å². The maximum absolute atomic E-state index is 12.7. The maximum Gasteiger partial charge on any atom is 0.236 e. The van der Waals surface area contributed by atoms with Crippen molar-refractivity contribution in [2.45, 2.75) is 25.7 Å². The summed E-state index contributed by atoms with van der Waals surface area (Å²) in [4.78, 5) is 18.1. The van der Waals surface area contributed by atoms with Crippen molar-refractivity contribution in [3.05, 3.63) is 82.4 Å². The number of benzene rings is 2. The number of hydrogen-bond acceptors (Lipinski definition) is 4. The van der Waals surface area contributed by atoms with Crippen molar-refractivity contribution in [2.24, 2.45) is 0 Å². The molecule has 0 aliphatic rings. The highest BCUT2D eigenvalue weighted by atomic mass is 32.1. The van der Waals surface area contributed by atoms with Crippen molar-refractivity contribution in [2.75, 3.05) is 5.32 Å². The lowest BCUT2D eigenvalue weighted by atomic mass is 9.84. The Morgan fingerprint density at radius 1 is 1.15 bits per heavy atom. The average Bonchev–Trinajstić information content (AvgIpc) is 3.10. The largest absolute Gasteiger partial charge is 0.301 e. The molecule has 0 unspecified atom stereocenters. The highest BCUT2D eigenvalue weighted by Crippen LogP contribution is 2.27. The number of nitriles is 1. The second kappa shape index (κ2) is 7.51. The normalized spacial score (nSPS) is 11.0. The number of carbonyl (C=O) groups excluding carboxylic acids is 1. The SMILES string of the molecule is CC(C)(C(=O)Nc1ncc(Cc2ccc(C#N)cc2)s1)c1ccccc1. The second-order valence-corrected chi connectivity index (χ2v) is 7.68. The number of anilines is 1. The van der Waals surface area contributed by atoms with Crippen LogP contribution in [0.15, 0.2) is 60.8 Å². The summed E-state index contributed by atoms with van der Waals surface area (Å²) < 4.78 is 0. The van der Waals surface area contributed by atoms with E-state index in [2.05, 4.69) is 16.4 Å². The van der Waals surface area contributed by atoms with Gasteiger partial charge in [-0.15, -0.1) is 11.3 Å². The molecule has 0 aliphatic carbocycles. The first-order valence-corrected chi connectivity index (χ1v) is 9.11. The summed E-state index contributed by atoms with van der Waals surface area (Å²) in [7, 11) is 0. The molecule has 0 fully saturated rings. The van der Waals surface area contributed by atoms with E-state index in [4.69, 9.17) is 5.26 Å². The monoisotopic (exact) mass is 361 g/mol. The third-order valence-corrected chi connectivity index (χ3v) is 5.21. The van der Waals surface area contributed by atoms with Gasteiger partial charge in [0.25, 0.3) is 0 Å². The van der Waals surface area contributed by atoms with Crippen molar-refractivity contribution in [3.8, 4) is 6.07 Å². The third-order valence-electron chi connectivity index (χ3n) is 4.30. The van der Waals surface area contributed by atoms with Crippen LogP contribution in [0.2, 0.25) is 0 Å². The minimum atomic E-state index is -0.639. The van der Waals surface area contributed by atoms with Crippen LogP contribution >= 0.6 is 11.3 Å². The summed E-state index contributed by atoms with van der Waals surface area (Å²) in [5, 5.41) is 12.4. The Kier molecular flexibility index (Phi) is 5.15. The first kappa shape index (κ1) is 17.8. The van der Waals surface area contributed by atoms with Crippen LogP contribution < -0.4 is 5.32 Å². The van der Waals surface area contributed by atoms with Gasteiger partial charge in [-0.25, -0.2) is 4.98 Å². The average molecular weight is 361 g/mol.